The van der Waals surface area contributed by atoms with Gasteiger partial charge in [-0.1, -0.05) is 50.3 Å². The van der Waals surface area contributed by atoms with E-state index in [1.807, 2.05) is 23.1 Å². The minimum atomic E-state index is 0.0917. The average molecular weight is 273 g/mol. The largest absolute Gasteiger partial charge is 0.371 e. The summed E-state index contributed by atoms with van der Waals surface area (Å²) in [6, 6.07) is 10.4. The van der Waals surface area contributed by atoms with Crippen LogP contribution in [0, 0.1) is 5.92 Å². The number of ether oxygens (including phenoxy) is 1. The quantitative estimate of drug-likeness (QED) is 0.825. The minimum absolute atomic E-state index is 0.0917. The fourth-order valence-corrected chi connectivity index (χ4v) is 2.28. The normalized spacial score (nSPS) is 15.3. The molecule has 0 saturated carbocycles. The molecular formula is C17H23NO2. The van der Waals surface area contributed by atoms with E-state index in [9.17, 15) is 4.79 Å². The highest BCUT2D eigenvalue weighted by Gasteiger charge is 2.17. The van der Waals surface area contributed by atoms with Crippen LogP contribution in [0.15, 0.2) is 36.4 Å². The van der Waals surface area contributed by atoms with E-state index >= 15 is 0 Å². The molecule has 0 spiro atoms. The molecule has 0 atom stereocenters. The number of rotatable bonds is 5. The summed E-state index contributed by atoms with van der Waals surface area (Å²) in [5.41, 5.74) is 2.59. The van der Waals surface area contributed by atoms with Crippen molar-refractivity contribution in [2.24, 2.45) is 5.92 Å². The second-order valence-electron chi connectivity index (χ2n) is 5.59. The zero-order chi connectivity index (χ0) is 14.4. The number of carbonyl (C=O) groups is 1. The third-order valence-electron chi connectivity index (χ3n) is 3.38. The van der Waals surface area contributed by atoms with E-state index in [1.165, 1.54) is 11.1 Å². The van der Waals surface area contributed by atoms with Crippen LogP contribution < -0.4 is 0 Å². The Kier molecular flexibility index (Phi) is 5.36. The molecule has 0 aromatic heterocycles. The summed E-state index contributed by atoms with van der Waals surface area (Å²) in [4.78, 5) is 13.9. The van der Waals surface area contributed by atoms with Gasteiger partial charge in [-0.15, -0.1) is 0 Å². The van der Waals surface area contributed by atoms with Crippen molar-refractivity contribution in [1.29, 1.82) is 0 Å². The zero-order valence-corrected chi connectivity index (χ0v) is 12.3. The molecule has 1 aromatic rings. The van der Waals surface area contributed by atoms with Gasteiger partial charge in [0.15, 0.2) is 0 Å². The number of carbonyl (C=O) groups excluding carboxylic acids is 1. The van der Waals surface area contributed by atoms with E-state index in [4.69, 9.17) is 4.74 Å². The molecule has 1 aromatic carbocycles. The molecule has 3 nitrogen and oxygen atoms in total. The van der Waals surface area contributed by atoms with Crippen molar-refractivity contribution < 1.29 is 9.53 Å². The molecule has 0 fully saturated rings. The number of hydrogen-bond acceptors (Lipinski definition) is 2. The van der Waals surface area contributed by atoms with Gasteiger partial charge in [0.2, 0.25) is 5.91 Å². The lowest BCUT2D eigenvalue weighted by molar-refractivity contribution is -0.136. The molecular weight excluding hydrogens is 250 g/mol. The lowest BCUT2D eigenvalue weighted by Gasteiger charge is -2.26. The van der Waals surface area contributed by atoms with E-state index < -0.39 is 0 Å². The first-order valence-corrected chi connectivity index (χ1v) is 7.27. The number of benzene rings is 1. The van der Waals surface area contributed by atoms with Gasteiger partial charge in [-0.3, -0.25) is 4.79 Å². The van der Waals surface area contributed by atoms with Crippen LogP contribution in [-0.2, 0) is 9.53 Å². The standard InChI is InChI=1S/C17H23NO2/c1-14(2)12-20-13-17(19)18-10-8-16(9-11-18)15-6-4-3-5-7-15/h3-8,14H,9-13H2,1-2H3. The minimum Gasteiger partial charge on any atom is -0.371 e. The average Bonchev–Trinajstić information content (AvgIpc) is 2.48. The Morgan fingerprint density at radius 2 is 2.05 bits per heavy atom. The van der Waals surface area contributed by atoms with Gasteiger partial charge in [0.05, 0.1) is 0 Å². The van der Waals surface area contributed by atoms with Gasteiger partial charge >= 0.3 is 0 Å². The molecule has 0 radical (unpaired) electrons. The molecule has 1 heterocycles. The molecule has 0 unspecified atom stereocenters. The maximum atomic E-state index is 12.0. The van der Waals surface area contributed by atoms with E-state index in [0.29, 0.717) is 19.1 Å². The summed E-state index contributed by atoms with van der Waals surface area (Å²) in [6.45, 7) is 6.48. The topological polar surface area (TPSA) is 29.5 Å². The zero-order valence-electron chi connectivity index (χ0n) is 12.3. The molecule has 1 amide bonds. The van der Waals surface area contributed by atoms with Crippen LogP contribution in [0.2, 0.25) is 0 Å². The predicted octanol–water partition coefficient (Wildman–Crippen LogP) is 2.97. The van der Waals surface area contributed by atoms with Gasteiger partial charge in [-0.25, -0.2) is 0 Å². The van der Waals surface area contributed by atoms with E-state index in [1.54, 1.807) is 0 Å². The molecule has 1 aliphatic rings. The summed E-state index contributed by atoms with van der Waals surface area (Å²) in [6.07, 6.45) is 3.07. The van der Waals surface area contributed by atoms with Crippen LogP contribution in [0.1, 0.15) is 25.8 Å². The fourth-order valence-electron chi connectivity index (χ4n) is 2.28. The molecule has 20 heavy (non-hydrogen) atoms. The Bertz CT molecular complexity index is 465. The Labute approximate surface area is 121 Å². The summed E-state index contributed by atoms with van der Waals surface area (Å²) < 4.78 is 5.41. The smallest absolute Gasteiger partial charge is 0.248 e. The number of hydrogen-bond donors (Lipinski definition) is 0. The number of nitrogens with zero attached hydrogens (tertiary/aromatic N) is 1. The third-order valence-corrected chi connectivity index (χ3v) is 3.38. The van der Waals surface area contributed by atoms with Crippen molar-refractivity contribution in [1.82, 2.24) is 4.90 Å². The third kappa shape index (κ3) is 4.20. The first-order chi connectivity index (χ1) is 9.66. The maximum Gasteiger partial charge on any atom is 0.248 e. The summed E-state index contributed by atoms with van der Waals surface area (Å²) in [7, 11) is 0. The van der Waals surface area contributed by atoms with Gasteiger partial charge < -0.3 is 9.64 Å². The molecule has 1 aliphatic heterocycles. The Hall–Kier alpha value is -1.61. The van der Waals surface area contributed by atoms with Gasteiger partial charge in [-0.2, -0.15) is 0 Å². The van der Waals surface area contributed by atoms with Crippen LogP contribution in [0.3, 0.4) is 0 Å². The van der Waals surface area contributed by atoms with Gasteiger partial charge in [0.25, 0.3) is 0 Å². The monoisotopic (exact) mass is 273 g/mol. The van der Waals surface area contributed by atoms with E-state index in [0.717, 1.165) is 13.0 Å². The highest BCUT2D eigenvalue weighted by molar-refractivity contribution is 5.79. The summed E-state index contributed by atoms with van der Waals surface area (Å²) >= 11 is 0. The van der Waals surface area contributed by atoms with Crippen molar-refractivity contribution in [3.63, 3.8) is 0 Å². The maximum absolute atomic E-state index is 12.0. The second kappa shape index (κ2) is 7.25. The van der Waals surface area contributed by atoms with Crippen molar-refractivity contribution >= 4 is 11.5 Å². The van der Waals surface area contributed by atoms with Crippen molar-refractivity contribution in [3.05, 3.63) is 42.0 Å². The van der Waals surface area contributed by atoms with Crippen LogP contribution in [0.4, 0.5) is 0 Å². The molecule has 2 rings (SSSR count). The summed E-state index contributed by atoms with van der Waals surface area (Å²) in [5, 5.41) is 0. The first-order valence-electron chi connectivity index (χ1n) is 7.27. The molecule has 3 heteroatoms. The predicted molar refractivity (Wildman–Crippen MR) is 81.3 cm³/mol. The number of amides is 1. The van der Waals surface area contributed by atoms with Crippen LogP contribution in [0.25, 0.3) is 5.57 Å². The highest BCUT2D eigenvalue weighted by Crippen LogP contribution is 2.21. The van der Waals surface area contributed by atoms with Crippen molar-refractivity contribution in [3.8, 4) is 0 Å². The van der Waals surface area contributed by atoms with Crippen molar-refractivity contribution in [2.75, 3.05) is 26.3 Å². The summed E-state index contributed by atoms with van der Waals surface area (Å²) in [5.74, 6) is 0.558. The lowest BCUT2D eigenvalue weighted by atomic mass is 10.00. The molecule has 0 bridgehead atoms. The van der Waals surface area contributed by atoms with Gasteiger partial charge in [0.1, 0.15) is 6.61 Å². The van der Waals surface area contributed by atoms with Gasteiger partial charge in [0, 0.05) is 19.7 Å². The van der Waals surface area contributed by atoms with Crippen LogP contribution in [-0.4, -0.2) is 37.1 Å². The van der Waals surface area contributed by atoms with Crippen molar-refractivity contribution in [2.45, 2.75) is 20.3 Å². The Morgan fingerprint density at radius 1 is 1.30 bits per heavy atom. The molecule has 0 N–H and O–H groups in total. The lowest BCUT2D eigenvalue weighted by Crippen LogP contribution is -2.37. The molecule has 108 valence electrons. The molecule has 0 saturated heterocycles. The second-order valence-corrected chi connectivity index (χ2v) is 5.59. The molecule has 0 aliphatic carbocycles. The fraction of sp³-hybridized carbons (Fsp3) is 0.471. The SMILES string of the molecule is CC(C)COCC(=O)N1CC=C(c2ccccc2)CC1. The Morgan fingerprint density at radius 3 is 2.65 bits per heavy atom. The first kappa shape index (κ1) is 14.8. The van der Waals surface area contributed by atoms with E-state index in [2.05, 4.69) is 32.1 Å². The van der Waals surface area contributed by atoms with E-state index in [-0.39, 0.29) is 12.5 Å². The highest BCUT2D eigenvalue weighted by atomic mass is 16.5. The van der Waals surface area contributed by atoms with Crippen LogP contribution >= 0.6 is 0 Å². The van der Waals surface area contributed by atoms with Crippen LogP contribution in [0.5, 0.6) is 0 Å². The Balaban J connectivity index is 1.84. The van der Waals surface area contributed by atoms with Gasteiger partial charge in [-0.05, 0) is 23.5 Å².